The number of hydrogen-bond donors (Lipinski definition) is 0. The summed E-state index contributed by atoms with van der Waals surface area (Å²) < 4.78 is 16.8. The predicted octanol–water partition coefficient (Wildman–Crippen LogP) is 17.8. The maximum atomic E-state index is 12.8. The highest BCUT2D eigenvalue weighted by Gasteiger charge is 2.19. The minimum Gasteiger partial charge on any atom is -0.462 e. The van der Waals surface area contributed by atoms with Gasteiger partial charge in [0.2, 0.25) is 0 Å². The van der Waals surface area contributed by atoms with Crippen LogP contribution >= 0.6 is 0 Å². The first-order valence-electron chi connectivity index (χ1n) is 27.4. The average molecular weight is 863 g/mol. The summed E-state index contributed by atoms with van der Waals surface area (Å²) in [7, 11) is 0. The Morgan fingerprint density at radius 2 is 0.574 bits per heavy atom. The summed E-state index contributed by atoms with van der Waals surface area (Å²) in [6.07, 6.45) is 52.3. The third-order valence-electron chi connectivity index (χ3n) is 12.9. The van der Waals surface area contributed by atoms with Crippen molar-refractivity contribution in [3.63, 3.8) is 0 Å². The maximum absolute atomic E-state index is 12.8. The van der Waals surface area contributed by atoms with E-state index in [-0.39, 0.29) is 31.1 Å². The van der Waals surface area contributed by atoms with Gasteiger partial charge in [0, 0.05) is 19.3 Å². The summed E-state index contributed by atoms with van der Waals surface area (Å²) in [5.41, 5.74) is 0. The molecule has 0 amide bonds. The van der Waals surface area contributed by atoms with Gasteiger partial charge in [-0.05, 0) is 25.2 Å². The molecule has 0 aliphatic rings. The average Bonchev–Trinajstić information content (AvgIpc) is 3.26. The van der Waals surface area contributed by atoms with Crippen LogP contribution in [0.2, 0.25) is 0 Å². The Morgan fingerprint density at radius 3 is 0.852 bits per heavy atom. The lowest BCUT2D eigenvalue weighted by molar-refractivity contribution is -0.167. The molecule has 0 saturated heterocycles. The molecule has 0 N–H and O–H groups in total. The molecule has 0 aliphatic carbocycles. The molecule has 0 heterocycles. The molecule has 0 fully saturated rings. The molecule has 0 aromatic heterocycles. The zero-order chi connectivity index (χ0) is 44.5. The molecule has 2 atom stereocenters. The second-order valence-electron chi connectivity index (χ2n) is 19.1. The lowest BCUT2D eigenvalue weighted by Gasteiger charge is -2.18. The largest absolute Gasteiger partial charge is 0.462 e. The van der Waals surface area contributed by atoms with E-state index in [1.165, 1.54) is 205 Å². The number of carbonyl (C=O) groups excluding carboxylic acids is 3. The molecule has 0 bridgehead atoms. The fourth-order valence-electron chi connectivity index (χ4n) is 8.36. The number of esters is 3. The second kappa shape index (κ2) is 49.4. The molecule has 362 valence electrons. The van der Waals surface area contributed by atoms with Gasteiger partial charge in [0.1, 0.15) is 13.2 Å². The summed E-state index contributed by atoms with van der Waals surface area (Å²) in [6.45, 7) is 9.07. The number of carbonyl (C=O) groups is 3. The van der Waals surface area contributed by atoms with Crippen LogP contribution in [0.3, 0.4) is 0 Å². The monoisotopic (exact) mass is 863 g/mol. The van der Waals surface area contributed by atoms with Gasteiger partial charge in [-0.3, -0.25) is 14.4 Å². The van der Waals surface area contributed by atoms with Gasteiger partial charge in [-0.1, -0.05) is 272 Å². The van der Waals surface area contributed by atoms with Crippen molar-refractivity contribution in [1.82, 2.24) is 0 Å². The van der Waals surface area contributed by atoms with Gasteiger partial charge in [-0.25, -0.2) is 0 Å². The molecule has 0 spiro atoms. The van der Waals surface area contributed by atoms with E-state index in [0.717, 1.165) is 63.7 Å². The summed E-state index contributed by atoms with van der Waals surface area (Å²) in [5.74, 6) is 0.0519. The van der Waals surface area contributed by atoms with Gasteiger partial charge in [0.25, 0.3) is 0 Å². The molecule has 0 aliphatic heterocycles. The van der Waals surface area contributed by atoms with Gasteiger partial charge < -0.3 is 14.2 Å². The molecule has 6 heteroatoms. The minimum absolute atomic E-state index is 0.0624. The van der Waals surface area contributed by atoms with Gasteiger partial charge in [0.05, 0.1) is 0 Å². The zero-order valence-corrected chi connectivity index (χ0v) is 41.6. The van der Waals surface area contributed by atoms with E-state index >= 15 is 0 Å². The summed E-state index contributed by atoms with van der Waals surface area (Å²) >= 11 is 0. The SMILES string of the molecule is CCCCCCCCCCCCCCCCCCC(=O)OC[C@@H](COC(=O)CCCCCCCCCCC)OC(=O)CCCCCCCCCCCCCCCCC(C)CC. The van der Waals surface area contributed by atoms with E-state index in [0.29, 0.717) is 19.3 Å². The molecule has 0 rings (SSSR count). The van der Waals surface area contributed by atoms with E-state index in [1.807, 2.05) is 0 Å². The van der Waals surface area contributed by atoms with Crippen LogP contribution in [0.15, 0.2) is 0 Å². The summed E-state index contributed by atoms with van der Waals surface area (Å²) in [6, 6.07) is 0. The van der Waals surface area contributed by atoms with Crippen LogP contribution in [0, 0.1) is 5.92 Å². The van der Waals surface area contributed by atoms with Crippen molar-refractivity contribution in [2.75, 3.05) is 13.2 Å². The number of hydrogen-bond acceptors (Lipinski definition) is 6. The lowest BCUT2D eigenvalue weighted by Crippen LogP contribution is -2.30. The first-order chi connectivity index (χ1) is 29.9. The highest BCUT2D eigenvalue weighted by molar-refractivity contribution is 5.71. The molecule has 1 unspecified atom stereocenters. The van der Waals surface area contributed by atoms with E-state index in [1.54, 1.807) is 0 Å². The molecule has 0 aromatic carbocycles. The van der Waals surface area contributed by atoms with Crippen LogP contribution in [0.5, 0.6) is 0 Å². The maximum Gasteiger partial charge on any atom is 0.306 e. The van der Waals surface area contributed by atoms with Crippen molar-refractivity contribution in [3.8, 4) is 0 Å². The fraction of sp³-hybridized carbons (Fsp3) is 0.945. The zero-order valence-electron chi connectivity index (χ0n) is 41.6. The quantitative estimate of drug-likeness (QED) is 0.0344. The molecule has 0 aromatic rings. The molecular formula is C55H106O6. The van der Waals surface area contributed by atoms with Gasteiger partial charge in [-0.2, -0.15) is 0 Å². The van der Waals surface area contributed by atoms with Gasteiger partial charge in [-0.15, -0.1) is 0 Å². The summed E-state index contributed by atoms with van der Waals surface area (Å²) in [4.78, 5) is 37.9. The Balaban J connectivity index is 4.24. The molecule has 61 heavy (non-hydrogen) atoms. The van der Waals surface area contributed by atoms with Crippen LogP contribution in [-0.4, -0.2) is 37.2 Å². The van der Waals surface area contributed by atoms with Crippen molar-refractivity contribution < 1.29 is 28.6 Å². The third kappa shape index (κ3) is 47.7. The van der Waals surface area contributed by atoms with Crippen molar-refractivity contribution in [2.24, 2.45) is 5.92 Å². The topological polar surface area (TPSA) is 78.9 Å². The molecular weight excluding hydrogens is 757 g/mol. The van der Waals surface area contributed by atoms with E-state index in [9.17, 15) is 14.4 Å². The van der Waals surface area contributed by atoms with Crippen LogP contribution in [0.4, 0.5) is 0 Å². The fourth-order valence-corrected chi connectivity index (χ4v) is 8.36. The number of unbranched alkanes of at least 4 members (excludes halogenated alkanes) is 36. The number of ether oxygens (including phenoxy) is 3. The molecule has 0 saturated carbocycles. The minimum atomic E-state index is -0.760. The van der Waals surface area contributed by atoms with E-state index in [2.05, 4.69) is 27.7 Å². The van der Waals surface area contributed by atoms with Crippen LogP contribution < -0.4 is 0 Å². The standard InChI is InChI=1S/C55H106O6/c1-5-8-10-12-14-16-17-18-19-20-24-27-31-35-39-43-47-54(57)60-50-52(49-59-53(56)46-42-38-34-29-15-13-11-9-6-2)61-55(58)48-44-40-36-32-28-25-22-21-23-26-30-33-37-41-45-51(4)7-3/h51-52H,5-50H2,1-4H3/t51?,52-/m1/s1. The predicted molar refractivity (Wildman–Crippen MR) is 261 cm³/mol. The summed E-state index contributed by atoms with van der Waals surface area (Å²) in [5, 5.41) is 0. The second-order valence-corrected chi connectivity index (χ2v) is 19.1. The van der Waals surface area contributed by atoms with Crippen LogP contribution in [-0.2, 0) is 28.6 Å². The first kappa shape index (κ1) is 59.4. The Hall–Kier alpha value is -1.59. The van der Waals surface area contributed by atoms with Gasteiger partial charge >= 0.3 is 17.9 Å². The molecule has 0 radical (unpaired) electrons. The van der Waals surface area contributed by atoms with Gasteiger partial charge in [0.15, 0.2) is 6.10 Å². The van der Waals surface area contributed by atoms with Crippen LogP contribution in [0.1, 0.15) is 310 Å². The van der Waals surface area contributed by atoms with E-state index < -0.39 is 6.10 Å². The van der Waals surface area contributed by atoms with Crippen molar-refractivity contribution in [1.29, 1.82) is 0 Å². The normalized spacial score (nSPS) is 12.4. The van der Waals surface area contributed by atoms with E-state index in [4.69, 9.17) is 14.2 Å². The first-order valence-corrected chi connectivity index (χ1v) is 27.4. The highest BCUT2D eigenvalue weighted by atomic mass is 16.6. The Morgan fingerprint density at radius 1 is 0.328 bits per heavy atom. The number of rotatable bonds is 50. The lowest BCUT2D eigenvalue weighted by atomic mass is 9.99. The Labute approximate surface area is 380 Å². The highest BCUT2D eigenvalue weighted by Crippen LogP contribution is 2.18. The van der Waals surface area contributed by atoms with Crippen molar-refractivity contribution >= 4 is 17.9 Å². The smallest absolute Gasteiger partial charge is 0.306 e. The molecule has 6 nitrogen and oxygen atoms in total. The van der Waals surface area contributed by atoms with Crippen molar-refractivity contribution in [2.45, 2.75) is 316 Å². The third-order valence-corrected chi connectivity index (χ3v) is 12.9. The Kier molecular flexibility index (Phi) is 48.1. The van der Waals surface area contributed by atoms with Crippen LogP contribution in [0.25, 0.3) is 0 Å². The van der Waals surface area contributed by atoms with Crippen molar-refractivity contribution in [3.05, 3.63) is 0 Å². The Bertz CT molecular complexity index is 920.